The van der Waals surface area contributed by atoms with Crippen LogP contribution < -0.4 is 5.73 Å². The average molecular weight is 249 g/mol. The van der Waals surface area contributed by atoms with Crippen LogP contribution in [0.3, 0.4) is 0 Å². The molecule has 1 atom stereocenters. The van der Waals surface area contributed by atoms with E-state index in [1.807, 2.05) is 20.8 Å². The van der Waals surface area contributed by atoms with Gasteiger partial charge in [-0.05, 0) is 5.41 Å². The summed E-state index contributed by atoms with van der Waals surface area (Å²) < 4.78 is 15.4. The maximum absolute atomic E-state index is 10.5. The van der Waals surface area contributed by atoms with E-state index in [2.05, 4.69) is 0 Å². The lowest BCUT2D eigenvalue weighted by Gasteiger charge is -2.29. The predicted molar refractivity (Wildman–Crippen MR) is 62.6 cm³/mol. The molecule has 0 saturated carbocycles. The van der Waals surface area contributed by atoms with E-state index in [-0.39, 0.29) is 24.7 Å². The van der Waals surface area contributed by atoms with E-state index in [4.69, 9.17) is 25.1 Å². The second-order valence-electron chi connectivity index (χ2n) is 4.69. The van der Waals surface area contributed by atoms with E-state index in [1.54, 1.807) is 0 Å². The van der Waals surface area contributed by atoms with E-state index in [1.165, 1.54) is 0 Å². The second kappa shape index (κ2) is 8.27. The molecule has 0 radical (unpaired) electrons. The Kier molecular flexibility index (Phi) is 7.86. The summed E-state index contributed by atoms with van der Waals surface area (Å²) in [5, 5.41) is 8.51. The molecule has 0 aromatic carbocycles. The van der Waals surface area contributed by atoms with Gasteiger partial charge in [0.15, 0.2) is 0 Å². The van der Waals surface area contributed by atoms with Crippen LogP contribution in [0.4, 0.5) is 4.79 Å². The van der Waals surface area contributed by atoms with Gasteiger partial charge in [-0.3, -0.25) is 0 Å². The van der Waals surface area contributed by atoms with Crippen LogP contribution in [0, 0.1) is 5.41 Å². The van der Waals surface area contributed by atoms with Crippen LogP contribution in [-0.4, -0.2) is 50.3 Å². The molecule has 3 N–H and O–H groups in total. The molecule has 0 heterocycles. The molecule has 0 aliphatic carbocycles. The predicted octanol–water partition coefficient (Wildman–Crippen LogP) is 0.522. The summed E-state index contributed by atoms with van der Waals surface area (Å²) in [5.74, 6) is 0. The second-order valence-corrected chi connectivity index (χ2v) is 4.69. The highest BCUT2D eigenvalue weighted by molar-refractivity contribution is 5.64. The van der Waals surface area contributed by atoms with E-state index in [0.29, 0.717) is 19.8 Å². The third-order valence-corrected chi connectivity index (χ3v) is 2.13. The van der Waals surface area contributed by atoms with Gasteiger partial charge >= 0.3 is 6.09 Å². The highest BCUT2D eigenvalue weighted by atomic mass is 16.6. The Labute approximate surface area is 102 Å². The van der Waals surface area contributed by atoms with Crippen LogP contribution >= 0.6 is 0 Å². The molecular weight excluding hydrogens is 226 g/mol. The zero-order chi connectivity index (χ0) is 13.3. The molecule has 102 valence electrons. The van der Waals surface area contributed by atoms with Crippen molar-refractivity contribution in [2.45, 2.75) is 26.9 Å². The van der Waals surface area contributed by atoms with Gasteiger partial charge in [-0.25, -0.2) is 4.79 Å². The van der Waals surface area contributed by atoms with Gasteiger partial charge in [0.1, 0.15) is 6.61 Å². The van der Waals surface area contributed by atoms with E-state index < -0.39 is 6.09 Å². The van der Waals surface area contributed by atoms with Gasteiger partial charge in [0.05, 0.1) is 32.5 Å². The van der Waals surface area contributed by atoms with Gasteiger partial charge < -0.3 is 25.1 Å². The molecule has 6 heteroatoms. The minimum absolute atomic E-state index is 0.00646. The molecule has 0 aliphatic rings. The minimum Gasteiger partial charge on any atom is -0.447 e. The lowest BCUT2D eigenvalue weighted by atomic mass is 9.89. The van der Waals surface area contributed by atoms with Crippen molar-refractivity contribution in [2.75, 3.05) is 33.0 Å². The topological polar surface area (TPSA) is 91.0 Å². The molecule has 0 bridgehead atoms. The molecule has 0 aromatic rings. The number of amides is 1. The van der Waals surface area contributed by atoms with Crippen molar-refractivity contribution in [2.24, 2.45) is 11.1 Å². The summed E-state index contributed by atoms with van der Waals surface area (Å²) in [4.78, 5) is 10.5. The summed E-state index contributed by atoms with van der Waals surface area (Å²) >= 11 is 0. The van der Waals surface area contributed by atoms with Crippen LogP contribution in [0.5, 0.6) is 0 Å². The average Bonchev–Trinajstić information content (AvgIpc) is 2.19. The molecule has 0 saturated heterocycles. The highest BCUT2D eigenvalue weighted by Crippen LogP contribution is 2.22. The summed E-state index contributed by atoms with van der Waals surface area (Å²) in [7, 11) is 0. The molecular formula is C11H23NO5. The summed E-state index contributed by atoms with van der Waals surface area (Å²) in [5.41, 5.74) is 4.75. The van der Waals surface area contributed by atoms with Crippen molar-refractivity contribution < 1.29 is 24.1 Å². The standard InChI is InChI=1S/C11H23NO5/c1-11(2,3)9(8-17-10(12)14)16-7-6-15-5-4-13/h9,13H,4-8H2,1-3H3,(H2,12,14). The van der Waals surface area contributed by atoms with E-state index >= 15 is 0 Å². The monoisotopic (exact) mass is 249 g/mol. The first-order valence-corrected chi connectivity index (χ1v) is 5.60. The zero-order valence-electron chi connectivity index (χ0n) is 10.8. The Bertz CT molecular complexity index is 214. The van der Waals surface area contributed by atoms with Crippen molar-refractivity contribution >= 4 is 6.09 Å². The number of aliphatic hydroxyl groups is 1. The number of nitrogens with two attached hydrogens (primary N) is 1. The molecule has 0 spiro atoms. The van der Waals surface area contributed by atoms with Crippen LogP contribution in [-0.2, 0) is 14.2 Å². The summed E-state index contributed by atoms with van der Waals surface area (Å²) in [6.45, 7) is 7.13. The molecule has 1 amide bonds. The Morgan fingerprint density at radius 1 is 1.29 bits per heavy atom. The quantitative estimate of drug-likeness (QED) is 0.612. The zero-order valence-corrected chi connectivity index (χ0v) is 10.8. The first kappa shape index (κ1) is 16.1. The van der Waals surface area contributed by atoms with Gasteiger partial charge in [-0.2, -0.15) is 0 Å². The highest BCUT2D eigenvalue weighted by Gasteiger charge is 2.26. The Hall–Kier alpha value is -0.850. The van der Waals surface area contributed by atoms with Gasteiger partial charge in [-0.1, -0.05) is 20.8 Å². The molecule has 0 fully saturated rings. The fourth-order valence-corrected chi connectivity index (χ4v) is 1.12. The number of rotatable bonds is 8. The molecule has 17 heavy (non-hydrogen) atoms. The third-order valence-electron chi connectivity index (χ3n) is 2.13. The Morgan fingerprint density at radius 2 is 1.94 bits per heavy atom. The number of aliphatic hydroxyl groups excluding tert-OH is 1. The summed E-state index contributed by atoms with van der Waals surface area (Å²) in [6.07, 6.45) is -1.05. The van der Waals surface area contributed by atoms with Gasteiger partial charge in [0, 0.05) is 0 Å². The third kappa shape index (κ3) is 8.91. The van der Waals surface area contributed by atoms with E-state index in [0.717, 1.165) is 0 Å². The fraction of sp³-hybridized carbons (Fsp3) is 0.909. The fourth-order valence-electron chi connectivity index (χ4n) is 1.12. The summed E-state index contributed by atoms with van der Waals surface area (Å²) in [6, 6.07) is 0. The molecule has 6 nitrogen and oxygen atoms in total. The van der Waals surface area contributed by atoms with Crippen LogP contribution in [0.15, 0.2) is 0 Å². The molecule has 0 rings (SSSR count). The van der Waals surface area contributed by atoms with Crippen molar-refractivity contribution in [3.05, 3.63) is 0 Å². The molecule has 1 unspecified atom stereocenters. The minimum atomic E-state index is -0.806. The van der Waals surface area contributed by atoms with Crippen molar-refractivity contribution in [1.82, 2.24) is 0 Å². The lowest BCUT2D eigenvalue weighted by Crippen LogP contribution is -2.36. The number of carbonyl (C=O) groups excluding carboxylic acids is 1. The van der Waals surface area contributed by atoms with Crippen LogP contribution in [0.1, 0.15) is 20.8 Å². The van der Waals surface area contributed by atoms with Crippen molar-refractivity contribution in [3.8, 4) is 0 Å². The first-order chi connectivity index (χ1) is 7.88. The molecule has 0 aliphatic heterocycles. The number of ether oxygens (including phenoxy) is 3. The van der Waals surface area contributed by atoms with Crippen LogP contribution in [0.25, 0.3) is 0 Å². The molecule has 0 aromatic heterocycles. The Balaban J connectivity index is 3.91. The first-order valence-electron chi connectivity index (χ1n) is 5.60. The van der Waals surface area contributed by atoms with Crippen molar-refractivity contribution in [1.29, 1.82) is 0 Å². The maximum atomic E-state index is 10.5. The van der Waals surface area contributed by atoms with Crippen LogP contribution in [0.2, 0.25) is 0 Å². The largest absolute Gasteiger partial charge is 0.447 e. The number of primary amides is 1. The number of hydrogen-bond donors (Lipinski definition) is 2. The number of hydrogen-bond acceptors (Lipinski definition) is 5. The van der Waals surface area contributed by atoms with Gasteiger partial charge in [0.2, 0.25) is 0 Å². The van der Waals surface area contributed by atoms with Crippen molar-refractivity contribution in [3.63, 3.8) is 0 Å². The maximum Gasteiger partial charge on any atom is 0.404 e. The SMILES string of the molecule is CC(C)(C)C(COC(N)=O)OCCOCCO. The van der Waals surface area contributed by atoms with Gasteiger partial charge in [-0.15, -0.1) is 0 Å². The smallest absolute Gasteiger partial charge is 0.404 e. The number of carbonyl (C=O) groups is 1. The van der Waals surface area contributed by atoms with Gasteiger partial charge in [0.25, 0.3) is 0 Å². The lowest BCUT2D eigenvalue weighted by molar-refractivity contribution is -0.0705. The Morgan fingerprint density at radius 3 is 2.41 bits per heavy atom. The normalized spacial score (nSPS) is 13.4. The van der Waals surface area contributed by atoms with E-state index in [9.17, 15) is 4.79 Å².